The van der Waals surface area contributed by atoms with E-state index in [-0.39, 0.29) is 5.75 Å². The quantitative estimate of drug-likeness (QED) is 0.711. The van der Waals surface area contributed by atoms with E-state index in [4.69, 9.17) is 11.0 Å². The van der Waals surface area contributed by atoms with E-state index in [0.717, 1.165) is 12.8 Å². The SMILES string of the molecule is N#Cc1ccccc1CS(=O)(=O)NCCCCN. The molecule has 0 atom stereocenters. The van der Waals surface area contributed by atoms with E-state index in [1.165, 1.54) is 0 Å². The highest BCUT2D eigenvalue weighted by atomic mass is 32.2. The summed E-state index contributed by atoms with van der Waals surface area (Å²) in [5, 5.41) is 8.88. The Bertz CT molecular complexity index is 520. The number of nitrogens with two attached hydrogens (primary N) is 1. The molecular weight excluding hydrogens is 250 g/mol. The maximum atomic E-state index is 11.8. The molecule has 0 aromatic heterocycles. The summed E-state index contributed by atoms with van der Waals surface area (Å²) in [6, 6.07) is 8.68. The van der Waals surface area contributed by atoms with Crippen molar-refractivity contribution in [3.8, 4) is 6.07 Å². The average Bonchev–Trinajstić information content (AvgIpc) is 2.35. The van der Waals surface area contributed by atoms with Gasteiger partial charge in [-0.1, -0.05) is 18.2 Å². The highest BCUT2D eigenvalue weighted by Gasteiger charge is 2.13. The number of nitrogens with one attached hydrogen (secondary N) is 1. The molecule has 5 nitrogen and oxygen atoms in total. The Kier molecular flexibility index (Phi) is 5.78. The Morgan fingerprint density at radius 3 is 2.67 bits per heavy atom. The molecule has 3 N–H and O–H groups in total. The molecular formula is C12H17N3O2S. The summed E-state index contributed by atoms with van der Waals surface area (Å²) in [5.41, 5.74) is 6.24. The Balaban J connectivity index is 2.63. The van der Waals surface area contributed by atoms with Gasteiger partial charge in [0.05, 0.1) is 17.4 Å². The minimum absolute atomic E-state index is 0.167. The Morgan fingerprint density at radius 2 is 2.00 bits per heavy atom. The second kappa shape index (κ2) is 7.11. The Morgan fingerprint density at radius 1 is 1.28 bits per heavy atom. The lowest BCUT2D eigenvalue weighted by Crippen LogP contribution is -2.26. The molecule has 0 heterocycles. The van der Waals surface area contributed by atoms with Crippen molar-refractivity contribution in [1.29, 1.82) is 5.26 Å². The monoisotopic (exact) mass is 267 g/mol. The molecule has 0 saturated carbocycles. The first-order valence-electron chi connectivity index (χ1n) is 5.74. The van der Waals surface area contributed by atoms with Gasteiger partial charge in [-0.15, -0.1) is 0 Å². The van der Waals surface area contributed by atoms with Crippen LogP contribution >= 0.6 is 0 Å². The van der Waals surface area contributed by atoms with Crippen molar-refractivity contribution >= 4 is 10.0 Å². The maximum absolute atomic E-state index is 11.8. The van der Waals surface area contributed by atoms with Crippen LogP contribution in [-0.2, 0) is 15.8 Å². The second-order valence-electron chi connectivity index (χ2n) is 3.92. The number of nitriles is 1. The molecule has 0 unspecified atom stereocenters. The van der Waals surface area contributed by atoms with Crippen LogP contribution < -0.4 is 10.5 Å². The van der Waals surface area contributed by atoms with Crippen LogP contribution in [0.2, 0.25) is 0 Å². The van der Waals surface area contributed by atoms with Crippen LogP contribution in [0, 0.1) is 11.3 Å². The molecule has 0 aliphatic carbocycles. The van der Waals surface area contributed by atoms with Crippen LogP contribution in [0.3, 0.4) is 0 Å². The minimum atomic E-state index is -3.39. The highest BCUT2D eigenvalue weighted by molar-refractivity contribution is 7.88. The van der Waals surface area contributed by atoms with Gasteiger partial charge in [0.1, 0.15) is 0 Å². The molecule has 0 spiro atoms. The van der Waals surface area contributed by atoms with Crippen LogP contribution in [0.4, 0.5) is 0 Å². The van der Waals surface area contributed by atoms with E-state index in [9.17, 15) is 8.42 Å². The highest BCUT2D eigenvalue weighted by Crippen LogP contribution is 2.10. The summed E-state index contributed by atoms with van der Waals surface area (Å²) in [7, 11) is -3.39. The molecule has 1 rings (SSSR count). The van der Waals surface area contributed by atoms with E-state index in [1.807, 2.05) is 6.07 Å². The van der Waals surface area contributed by atoms with Crippen molar-refractivity contribution in [3.05, 3.63) is 35.4 Å². The van der Waals surface area contributed by atoms with Gasteiger partial charge in [-0.05, 0) is 31.0 Å². The van der Waals surface area contributed by atoms with Crippen LogP contribution in [-0.4, -0.2) is 21.5 Å². The zero-order valence-corrected chi connectivity index (χ0v) is 10.9. The topological polar surface area (TPSA) is 96.0 Å². The fourth-order valence-electron chi connectivity index (χ4n) is 1.51. The molecule has 0 saturated heterocycles. The number of hydrogen-bond donors (Lipinski definition) is 2. The number of benzene rings is 1. The zero-order chi connectivity index (χ0) is 13.4. The lowest BCUT2D eigenvalue weighted by atomic mass is 10.1. The summed E-state index contributed by atoms with van der Waals surface area (Å²) in [6.45, 7) is 0.938. The van der Waals surface area contributed by atoms with Gasteiger partial charge in [-0.25, -0.2) is 13.1 Å². The van der Waals surface area contributed by atoms with E-state index < -0.39 is 10.0 Å². The maximum Gasteiger partial charge on any atom is 0.215 e. The summed E-state index contributed by atoms with van der Waals surface area (Å²) in [5.74, 6) is -0.167. The van der Waals surface area contributed by atoms with Gasteiger partial charge in [-0.3, -0.25) is 0 Å². The molecule has 18 heavy (non-hydrogen) atoms. The van der Waals surface area contributed by atoms with Crippen LogP contribution in [0.25, 0.3) is 0 Å². The lowest BCUT2D eigenvalue weighted by Gasteiger charge is -2.07. The first kappa shape index (κ1) is 14.6. The van der Waals surface area contributed by atoms with Gasteiger partial charge < -0.3 is 5.73 Å². The Labute approximate surface area is 108 Å². The molecule has 0 fully saturated rings. The third-order valence-electron chi connectivity index (χ3n) is 2.44. The first-order valence-corrected chi connectivity index (χ1v) is 7.39. The van der Waals surface area contributed by atoms with Gasteiger partial charge >= 0.3 is 0 Å². The predicted molar refractivity (Wildman–Crippen MR) is 70.1 cm³/mol. The number of hydrogen-bond acceptors (Lipinski definition) is 4. The summed E-state index contributed by atoms with van der Waals surface area (Å²) in [4.78, 5) is 0. The van der Waals surface area contributed by atoms with Crippen molar-refractivity contribution in [1.82, 2.24) is 4.72 Å². The Hall–Kier alpha value is -1.42. The van der Waals surface area contributed by atoms with Crippen LogP contribution in [0.15, 0.2) is 24.3 Å². The van der Waals surface area contributed by atoms with Crippen LogP contribution in [0.5, 0.6) is 0 Å². The third kappa shape index (κ3) is 4.84. The van der Waals surface area contributed by atoms with Gasteiger partial charge in [0.25, 0.3) is 0 Å². The first-order chi connectivity index (χ1) is 8.59. The molecule has 0 bridgehead atoms. The largest absolute Gasteiger partial charge is 0.330 e. The molecule has 0 amide bonds. The van der Waals surface area contributed by atoms with Gasteiger partial charge in [0.15, 0.2) is 0 Å². The van der Waals surface area contributed by atoms with E-state index in [1.54, 1.807) is 24.3 Å². The number of nitrogens with zero attached hydrogens (tertiary/aromatic N) is 1. The van der Waals surface area contributed by atoms with E-state index >= 15 is 0 Å². The molecule has 1 aromatic rings. The molecule has 1 aromatic carbocycles. The molecule has 98 valence electrons. The van der Waals surface area contributed by atoms with Crippen molar-refractivity contribution in [2.24, 2.45) is 5.73 Å². The van der Waals surface area contributed by atoms with Gasteiger partial charge in [-0.2, -0.15) is 5.26 Å². The van der Waals surface area contributed by atoms with Crippen LogP contribution in [0.1, 0.15) is 24.0 Å². The van der Waals surface area contributed by atoms with E-state index in [2.05, 4.69) is 4.72 Å². The molecule has 6 heteroatoms. The van der Waals surface area contributed by atoms with Crippen molar-refractivity contribution in [3.63, 3.8) is 0 Å². The fraction of sp³-hybridized carbons (Fsp3) is 0.417. The number of rotatable bonds is 7. The normalized spacial score (nSPS) is 11.1. The van der Waals surface area contributed by atoms with Gasteiger partial charge in [0.2, 0.25) is 10.0 Å². The molecule has 0 aliphatic rings. The lowest BCUT2D eigenvalue weighted by molar-refractivity contribution is 0.576. The zero-order valence-electron chi connectivity index (χ0n) is 10.1. The molecule has 0 aliphatic heterocycles. The number of unbranched alkanes of at least 4 members (excludes halogenated alkanes) is 1. The summed E-state index contributed by atoms with van der Waals surface area (Å²) in [6.07, 6.45) is 1.51. The smallest absolute Gasteiger partial charge is 0.215 e. The van der Waals surface area contributed by atoms with Gasteiger partial charge in [0, 0.05) is 6.54 Å². The number of sulfonamides is 1. The van der Waals surface area contributed by atoms with Crippen molar-refractivity contribution in [2.45, 2.75) is 18.6 Å². The van der Waals surface area contributed by atoms with E-state index in [0.29, 0.717) is 24.2 Å². The molecule has 0 radical (unpaired) electrons. The standard InChI is InChI=1S/C12H17N3O2S/c13-7-3-4-8-15-18(16,17)10-12-6-2-1-5-11(12)9-14/h1-2,5-6,15H,3-4,7-8,10,13H2. The third-order valence-corrected chi connectivity index (χ3v) is 3.77. The second-order valence-corrected chi connectivity index (χ2v) is 5.73. The minimum Gasteiger partial charge on any atom is -0.330 e. The van der Waals surface area contributed by atoms with Crippen molar-refractivity contribution < 1.29 is 8.42 Å². The average molecular weight is 267 g/mol. The summed E-state index contributed by atoms with van der Waals surface area (Å²) < 4.78 is 26.1. The predicted octanol–water partition coefficient (Wildman–Crippen LogP) is 0.717. The fourth-order valence-corrected chi connectivity index (χ4v) is 2.73. The summed E-state index contributed by atoms with van der Waals surface area (Å²) >= 11 is 0. The van der Waals surface area contributed by atoms with Crippen molar-refractivity contribution in [2.75, 3.05) is 13.1 Å².